The number of pyridine rings is 1. The SMILES string of the molecule is Brc1ccsc1CNc1ccnc2ccccc12. The highest BCUT2D eigenvalue weighted by atomic mass is 79.9. The maximum absolute atomic E-state index is 4.36. The van der Waals surface area contributed by atoms with Crippen LogP contribution in [0.2, 0.25) is 0 Å². The zero-order valence-corrected chi connectivity index (χ0v) is 12.0. The zero-order valence-electron chi connectivity index (χ0n) is 9.56. The van der Waals surface area contributed by atoms with Gasteiger partial charge < -0.3 is 5.32 Å². The van der Waals surface area contributed by atoms with Gasteiger partial charge in [0.15, 0.2) is 0 Å². The molecule has 0 aliphatic heterocycles. The number of anilines is 1. The number of fused-ring (bicyclic) bond motifs is 1. The van der Waals surface area contributed by atoms with Gasteiger partial charge in [-0.05, 0) is 39.5 Å². The van der Waals surface area contributed by atoms with Crippen molar-refractivity contribution in [3.05, 3.63) is 57.3 Å². The van der Waals surface area contributed by atoms with Crippen molar-refractivity contribution < 1.29 is 0 Å². The van der Waals surface area contributed by atoms with Gasteiger partial charge in [0.05, 0.1) is 12.1 Å². The molecule has 90 valence electrons. The second-order valence-corrected chi connectivity index (χ2v) is 5.78. The van der Waals surface area contributed by atoms with Crippen LogP contribution in [0.5, 0.6) is 0 Å². The Morgan fingerprint density at radius 2 is 2.06 bits per heavy atom. The summed E-state index contributed by atoms with van der Waals surface area (Å²) in [6, 6.07) is 12.3. The highest BCUT2D eigenvalue weighted by Crippen LogP contribution is 2.26. The van der Waals surface area contributed by atoms with Crippen molar-refractivity contribution >= 4 is 43.9 Å². The summed E-state index contributed by atoms with van der Waals surface area (Å²) >= 11 is 5.30. The van der Waals surface area contributed by atoms with Gasteiger partial charge in [-0.25, -0.2) is 0 Å². The Bertz CT molecular complexity index is 673. The van der Waals surface area contributed by atoms with Crippen molar-refractivity contribution in [2.45, 2.75) is 6.54 Å². The van der Waals surface area contributed by atoms with Gasteiger partial charge in [0.25, 0.3) is 0 Å². The molecule has 0 spiro atoms. The molecule has 0 unspecified atom stereocenters. The van der Waals surface area contributed by atoms with Crippen LogP contribution in [0.25, 0.3) is 10.9 Å². The number of hydrogen-bond acceptors (Lipinski definition) is 3. The van der Waals surface area contributed by atoms with Crippen LogP contribution < -0.4 is 5.32 Å². The van der Waals surface area contributed by atoms with Gasteiger partial charge in [-0.2, -0.15) is 0 Å². The van der Waals surface area contributed by atoms with E-state index in [1.165, 1.54) is 9.35 Å². The highest BCUT2D eigenvalue weighted by Gasteiger charge is 2.03. The van der Waals surface area contributed by atoms with E-state index in [4.69, 9.17) is 0 Å². The van der Waals surface area contributed by atoms with Gasteiger partial charge in [0.1, 0.15) is 0 Å². The molecule has 0 fully saturated rings. The predicted molar refractivity (Wildman–Crippen MR) is 81.1 cm³/mol. The molecule has 2 nitrogen and oxygen atoms in total. The zero-order chi connectivity index (χ0) is 12.4. The number of rotatable bonds is 3. The Hall–Kier alpha value is -1.39. The summed E-state index contributed by atoms with van der Waals surface area (Å²) < 4.78 is 1.17. The molecule has 0 aliphatic carbocycles. The van der Waals surface area contributed by atoms with Crippen molar-refractivity contribution in [3.8, 4) is 0 Å². The van der Waals surface area contributed by atoms with Crippen molar-refractivity contribution in [1.29, 1.82) is 0 Å². The molecule has 1 aromatic carbocycles. The summed E-state index contributed by atoms with van der Waals surface area (Å²) in [5.41, 5.74) is 2.15. The molecule has 2 heterocycles. The van der Waals surface area contributed by atoms with E-state index < -0.39 is 0 Å². The van der Waals surface area contributed by atoms with Gasteiger partial charge in [-0.3, -0.25) is 4.98 Å². The van der Waals surface area contributed by atoms with Crippen LogP contribution in [0.4, 0.5) is 5.69 Å². The molecule has 0 saturated carbocycles. The van der Waals surface area contributed by atoms with Crippen molar-refractivity contribution in [1.82, 2.24) is 4.98 Å². The van der Waals surface area contributed by atoms with Gasteiger partial charge in [0, 0.05) is 26.6 Å². The van der Waals surface area contributed by atoms with Crippen molar-refractivity contribution in [2.24, 2.45) is 0 Å². The molecule has 3 rings (SSSR count). The minimum atomic E-state index is 0.826. The fraction of sp³-hybridized carbons (Fsp3) is 0.0714. The Balaban J connectivity index is 1.89. The van der Waals surface area contributed by atoms with Gasteiger partial charge in [-0.1, -0.05) is 18.2 Å². The number of halogens is 1. The van der Waals surface area contributed by atoms with Gasteiger partial charge >= 0.3 is 0 Å². The molecule has 3 aromatic rings. The first-order valence-electron chi connectivity index (χ1n) is 5.64. The summed E-state index contributed by atoms with van der Waals surface area (Å²) in [7, 11) is 0. The summed E-state index contributed by atoms with van der Waals surface area (Å²) in [4.78, 5) is 5.66. The molecular formula is C14H11BrN2S. The monoisotopic (exact) mass is 318 g/mol. The largest absolute Gasteiger partial charge is 0.380 e. The van der Waals surface area contributed by atoms with Crippen LogP contribution >= 0.6 is 27.3 Å². The van der Waals surface area contributed by atoms with E-state index in [2.05, 4.69) is 43.7 Å². The van der Waals surface area contributed by atoms with E-state index in [-0.39, 0.29) is 0 Å². The number of nitrogens with zero attached hydrogens (tertiary/aromatic N) is 1. The average molecular weight is 319 g/mol. The van der Waals surface area contributed by atoms with Crippen LogP contribution in [0.3, 0.4) is 0 Å². The first-order valence-corrected chi connectivity index (χ1v) is 7.31. The third-order valence-corrected chi connectivity index (χ3v) is 4.71. The minimum absolute atomic E-state index is 0.826. The van der Waals surface area contributed by atoms with Crippen LogP contribution in [0.15, 0.2) is 52.4 Å². The average Bonchev–Trinajstić information content (AvgIpc) is 2.82. The number of hydrogen-bond donors (Lipinski definition) is 1. The van der Waals surface area contributed by atoms with Crippen LogP contribution in [-0.2, 0) is 6.54 Å². The molecule has 1 N–H and O–H groups in total. The molecule has 0 amide bonds. The molecule has 4 heteroatoms. The molecule has 18 heavy (non-hydrogen) atoms. The van der Waals surface area contributed by atoms with Crippen molar-refractivity contribution in [2.75, 3.05) is 5.32 Å². The lowest BCUT2D eigenvalue weighted by Crippen LogP contribution is -1.99. The second-order valence-electron chi connectivity index (χ2n) is 3.92. The summed E-state index contributed by atoms with van der Waals surface area (Å²) in [5.74, 6) is 0. The third kappa shape index (κ3) is 2.26. The number of aromatic nitrogens is 1. The molecule has 0 atom stereocenters. The van der Waals surface area contributed by atoms with Crippen LogP contribution in [-0.4, -0.2) is 4.98 Å². The summed E-state index contributed by atoms with van der Waals surface area (Å²) in [6.07, 6.45) is 1.84. The van der Waals surface area contributed by atoms with Gasteiger partial charge in [-0.15, -0.1) is 11.3 Å². The van der Waals surface area contributed by atoms with Crippen LogP contribution in [0, 0.1) is 0 Å². The Morgan fingerprint density at radius 3 is 2.89 bits per heavy atom. The lowest BCUT2D eigenvalue weighted by Gasteiger charge is -2.08. The fourth-order valence-corrected chi connectivity index (χ4v) is 3.31. The topological polar surface area (TPSA) is 24.9 Å². The predicted octanol–water partition coefficient (Wildman–Crippen LogP) is 4.67. The van der Waals surface area contributed by atoms with Crippen LogP contribution in [0.1, 0.15) is 4.88 Å². The van der Waals surface area contributed by atoms with Crippen molar-refractivity contribution in [3.63, 3.8) is 0 Å². The summed E-state index contributed by atoms with van der Waals surface area (Å²) in [5, 5.41) is 6.72. The molecule has 2 aromatic heterocycles. The Labute approximate surface area is 118 Å². The highest BCUT2D eigenvalue weighted by molar-refractivity contribution is 9.10. The maximum atomic E-state index is 4.36. The van der Waals surface area contributed by atoms with E-state index in [1.807, 2.05) is 30.5 Å². The molecule has 0 bridgehead atoms. The van der Waals surface area contributed by atoms with E-state index >= 15 is 0 Å². The molecular weight excluding hydrogens is 308 g/mol. The standard InChI is InChI=1S/C14H11BrN2S/c15-11-6-8-18-14(11)9-17-13-5-7-16-12-4-2-1-3-10(12)13/h1-8H,9H2,(H,16,17). The smallest absolute Gasteiger partial charge is 0.0722 e. The van der Waals surface area contributed by atoms with E-state index in [1.54, 1.807) is 11.3 Å². The lowest BCUT2D eigenvalue weighted by molar-refractivity contribution is 1.18. The molecule has 0 radical (unpaired) electrons. The number of thiophene rings is 1. The van der Waals surface area contributed by atoms with E-state index in [0.29, 0.717) is 0 Å². The quantitative estimate of drug-likeness (QED) is 0.759. The van der Waals surface area contributed by atoms with Gasteiger partial charge in [0.2, 0.25) is 0 Å². The first kappa shape index (κ1) is 11.7. The Morgan fingerprint density at radius 1 is 1.17 bits per heavy atom. The summed E-state index contributed by atoms with van der Waals surface area (Å²) in [6.45, 7) is 0.826. The third-order valence-electron chi connectivity index (χ3n) is 2.78. The minimum Gasteiger partial charge on any atom is -0.380 e. The normalized spacial score (nSPS) is 10.7. The van der Waals surface area contributed by atoms with E-state index in [0.717, 1.165) is 23.1 Å². The maximum Gasteiger partial charge on any atom is 0.0722 e. The molecule has 0 aliphatic rings. The first-order chi connectivity index (χ1) is 8.84. The second kappa shape index (κ2) is 5.08. The lowest BCUT2D eigenvalue weighted by atomic mass is 10.2. The number of benzene rings is 1. The Kier molecular flexibility index (Phi) is 3.30. The number of nitrogens with one attached hydrogen (secondary N) is 1. The number of para-hydroxylation sites is 1. The van der Waals surface area contributed by atoms with E-state index in [9.17, 15) is 0 Å². The fourth-order valence-electron chi connectivity index (χ4n) is 1.88. The molecule has 0 saturated heterocycles.